The van der Waals surface area contributed by atoms with Gasteiger partial charge >= 0.3 is 0 Å². The molecule has 130 valence electrons. The molecule has 0 aliphatic carbocycles. The monoisotopic (exact) mass is 331 g/mol. The van der Waals surface area contributed by atoms with E-state index in [1.165, 1.54) is 31.0 Å². The Hall–Kier alpha value is -1.88. The van der Waals surface area contributed by atoms with Gasteiger partial charge in [-0.3, -0.25) is 9.69 Å². The maximum absolute atomic E-state index is 13.4. The topological polar surface area (TPSA) is 37.3 Å². The van der Waals surface area contributed by atoms with Gasteiger partial charge in [-0.05, 0) is 50.1 Å². The SMILES string of the molecule is CC(=O)NCCC1CCCCN1Cc1cc2cc(F)ccc2n1C. The molecule has 1 aromatic heterocycles. The zero-order valence-electron chi connectivity index (χ0n) is 14.5. The molecule has 1 N–H and O–H groups in total. The van der Waals surface area contributed by atoms with Crippen LogP contribution >= 0.6 is 0 Å². The second-order valence-electron chi connectivity index (χ2n) is 6.79. The van der Waals surface area contributed by atoms with E-state index in [-0.39, 0.29) is 11.7 Å². The first-order valence-electron chi connectivity index (χ1n) is 8.77. The maximum Gasteiger partial charge on any atom is 0.216 e. The molecule has 1 saturated heterocycles. The number of carbonyl (C=O) groups excluding carboxylic acids is 1. The average molecular weight is 331 g/mol. The normalized spacial score (nSPS) is 18.9. The molecule has 1 aliphatic heterocycles. The molecule has 0 radical (unpaired) electrons. The molecule has 1 fully saturated rings. The third kappa shape index (κ3) is 3.78. The number of aryl methyl sites for hydroxylation is 1. The first-order chi connectivity index (χ1) is 11.5. The van der Waals surface area contributed by atoms with Crippen LogP contribution in [0.15, 0.2) is 24.3 Å². The highest BCUT2D eigenvalue weighted by atomic mass is 19.1. The van der Waals surface area contributed by atoms with Crippen LogP contribution in [0.4, 0.5) is 4.39 Å². The number of nitrogens with zero attached hydrogens (tertiary/aromatic N) is 2. The van der Waals surface area contributed by atoms with Crippen molar-refractivity contribution in [2.45, 2.75) is 45.2 Å². The summed E-state index contributed by atoms with van der Waals surface area (Å²) in [5.41, 5.74) is 2.28. The lowest BCUT2D eigenvalue weighted by molar-refractivity contribution is -0.119. The number of halogens is 1. The number of likely N-dealkylation sites (tertiary alicyclic amines) is 1. The van der Waals surface area contributed by atoms with Gasteiger partial charge in [-0.25, -0.2) is 4.39 Å². The minimum absolute atomic E-state index is 0.0353. The Kier molecular flexibility index (Phi) is 5.19. The highest BCUT2D eigenvalue weighted by Crippen LogP contribution is 2.25. The summed E-state index contributed by atoms with van der Waals surface area (Å²) in [6, 6.07) is 7.56. The van der Waals surface area contributed by atoms with E-state index in [0.717, 1.165) is 37.0 Å². The number of hydrogen-bond donors (Lipinski definition) is 1. The highest BCUT2D eigenvalue weighted by molar-refractivity contribution is 5.81. The molecule has 0 spiro atoms. The van der Waals surface area contributed by atoms with Crippen LogP contribution in [0.2, 0.25) is 0 Å². The molecule has 2 aromatic rings. The predicted molar refractivity (Wildman–Crippen MR) is 94.2 cm³/mol. The molecule has 2 heterocycles. The Balaban J connectivity index is 1.72. The lowest BCUT2D eigenvalue weighted by Crippen LogP contribution is -2.41. The molecule has 4 nitrogen and oxygen atoms in total. The fraction of sp³-hybridized carbons (Fsp3) is 0.526. The van der Waals surface area contributed by atoms with Crippen molar-refractivity contribution in [3.63, 3.8) is 0 Å². The van der Waals surface area contributed by atoms with Gasteiger partial charge in [-0.2, -0.15) is 0 Å². The molecule has 1 amide bonds. The van der Waals surface area contributed by atoms with Crippen LogP contribution in [-0.4, -0.2) is 34.5 Å². The van der Waals surface area contributed by atoms with Crippen molar-refractivity contribution in [1.29, 1.82) is 0 Å². The fourth-order valence-electron chi connectivity index (χ4n) is 3.75. The van der Waals surface area contributed by atoms with E-state index in [9.17, 15) is 9.18 Å². The number of nitrogens with one attached hydrogen (secondary N) is 1. The van der Waals surface area contributed by atoms with Crippen molar-refractivity contribution >= 4 is 16.8 Å². The van der Waals surface area contributed by atoms with Crippen LogP contribution in [0, 0.1) is 5.82 Å². The van der Waals surface area contributed by atoms with Crippen LogP contribution < -0.4 is 5.32 Å². The molecule has 1 unspecified atom stereocenters. The number of benzene rings is 1. The summed E-state index contributed by atoms with van der Waals surface area (Å²) in [7, 11) is 2.05. The van der Waals surface area contributed by atoms with Gasteiger partial charge < -0.3 is 9.88 Å². The summed E-state index contributed by atoms with van der Waals surface area (Å²) in [5.74, 6) is -0.154. The summed E-state index contributed by atoms with van der Waals surface area (Å²) >= 11 is 0. The number of aromatic nitrogens is 1. The second-order valence-corrected chi connectivity index (χ2v) is 6.79. The third-order valence-corrected chi connectivity index (χ3v) is 5.07. The van der Waals surface area contributed by atoms with Gasteiger partial charge in [0.15, 0.2) is 0 Å². The zero-order valence-corrected chi connectivity index (χ0v) is 14.5. The van der Waals surface area contributed by atoms with E-state index in [1.807, 2.05) is 13.1 Å². The summed E-state index contributed by atoms with van der Waals surface area (Å²) in [5, 5.41) is 3.86. The first kappa shape index (κ1) is 17.0. The van der Waals surface area contributed by atoms with Gasteiger partial charge in [-0.1, -0.05) is 6.42 Å². The van der Waals surface area contributed by atoms with Crippen molar-refractivity contribution in [1.82, 2.24) is 14.8 Å². The number of rotatable bonds is 5. The van der Waals surface area contributed by atoms with Crippen LogP contribution in [0.1, 0.15) is 38.3 Å². The van der Waals surface area contributed by atoms with Gasteiger partial charge in [0.05, 0.1) is 0 Å². The lowest BCUT2D eigenvalue weighted by atomic mass is 9.99. The van der Waals surface area contributed by atoms with Crippen LogP contribution in [-0.2, 0) is 18.4 Å². The molecule has 0 saturated carbocycles. The summed E-state index contributed by atoms with van der Waals surface area (Å²) in [6.45, 7) is 4.25. The Morgan fingerprint density at radius 3 is 2.96 bits per heavy atom. The number of hydrogen-bond acceptors (Lipinski definition) is 2. The minimum Gasteiger partial charge on any atom is -0.356 e. The van der Waals surface area contributed by atoms with E-state index in [4.69, 9.17) is 0 Å². The van der Waals surface area contributed by atoms with Crippen molar-refractivity contribution in [2.75, 3.05) is 13.1 Å². The van der Waals surface area contributed by atoms with E-state index in [0.29, 0.717) is 6.04 Å². The number of carbonyl (C=O) groups is 1. The Labute approximate surface area is 142 Å². The second kappa shape index (κ2) is 7.34. The lowest BCUT2D eigenvalue weighted by Gasteiger charge is -2.36. The largest absolute Gasteiger partial charge is 0.356 e. The Morgan fingerprint density at radius 1 is 1.33 bits per heavy atom. The first-order valence-corrected chi connectivity index (χ1v) is 8.77. The van der Waals surface area contributed by atoms with Gasteiger partial charge in [0.2, 0.25) is 5.91 Å². The standard InChI is InChI=1S/C19H26FN3O/c1-14(24)21-9-8-17-5-3-4-10-23(17)13-18-12-15-11-16(20)6-7-19(15)22(18)2/h6-7,11-12,17H,3-5,8-10,13H2,1-2H3,(H,21,24). The van der Waals surface area contributed by atoms with Crippen molar-refractivity contribution < 1.29 is 9.18 Å². The highest BCUT2D eigenvalue weighted by Gasteiger charge is 2.23. The molecule has 1 atom stereocenters. The van der Waals surface area contributed by atoms with Crippen molar-refractivity contribution in [2.24, 2.45) is 7.05 Å². The minimum atomic E-state index is -0.189. The molecule has 3 rings (SSSR count). The zero-order chi connectivity index (χ0) is 17.1. The average Bonchev–Trinajstić information content (AvgIpc) is 2.84. The fourth-order valence-corrected chi connectivity index (χ4v) is 3.75. The smallest absolute Gasteiger partial charge is 0.216 e. The molecule has 5 heteroatoms. The van der Waals surface area contributed by atoms with Crippen molar-refractivity contribution in [3.8, 4) is 0 Å². The maximum atomic E-state index is 13.4. The van der Waals surface area contributed by atoms with E-state index in [1.54, 1.807) is 13.0 Å². The molecule has 1 aliphatic rings. The molecule has 24 heavy (non-hydrogen) atoms. The van der Waals surface area contributed by atoms with E-state index >= 15 is 0 Å². The van der Waals surface area contributed by atoms with Gasteiger partial charge in [0, 0.05) is 49.7 Å². The molecule has 0 bridgehead atoms. The van der Waals surface area contributed by atoms with Crippen LogP contribution in [0.5, 0.6) is 0 Å². The van der Waals surface area contributed by atoms with Gasteiger partial charge in [-0.15, -0.1) is 0 Å². The predicted octanol–water partition coefficient (Wildman–Crippen LogP) is 3.20. The van der Waals surface area contributed by atoms with Crippen molar-refractivity contribution in [3.05, 3.63) is 35.8 Å². The Morgan fingerprint density at radius 2 is 2.17 bits per heavy atom. The Bertz CT molecular complexity index is 725. The third-order valence-electron chi connectivity index (χ3n) is 5.07. The van der Waals surface area contributed by atoms with Gasteiger partial charge in [0.25, 0.3) is 0 Å². The number of fused-ring (bicyclic) bond motifs is 1. The van der Waals surface area contributed by atoms with E-state index in [2.05, 4.69) is 20.9 Å². The summed E-state index contributed by atoms with van der Waals surface area (Å²) in [6.07, 6.45) is 4.63. The molecular formula is C19H26FN3O. The van der Waals surface area contributed by atoms with E-state index < -0.39 is 0 Å². The molecular weight excluding hydrogens is 305 g/mol. The number of amides is 1. The molecule has 1 aromatic carbocycles. The van der Waals surface area contributed by atoms with Crippen LogP contribution in [0.25, 0.3) is 10.9 Å². The van der Waals surface area contributed by atoms with Gasteiger partial charge in [0.1, 0.15) is 5.82 Å². The number of piperidine rings is 1. The quantitative estimate of drug-likeness (QED) is 0.913. The van der Waals surface area contributed by atoms with Crippen LogP contribution in [0.3, 0.4) is 0 Å². The summed E-state index contributed by atoms with van der Waals surface area (Å²) < 4.78 is 15.6. The summed E-state index contributed by atoms with van der Waals surface area (Å²) in [4.78, 5) is 13.6.